The van der Waals surface area contributed by atoms with Crippen LogP contribution in [0.15, 0.2) is 0 Å². The first-order chi connectivity index (χ1) is 8.69. The Morgan fingerprint density at radius 1 is 1.00 bits per heavy atom. The standard InChI is InChI=1S/C15H30O3/c1-5-7-9-16-14-11-12(3)18-13(4)15(14)17-10-8-6-2/h12-15H,5-11H2,1-4H3/t12-,13?,14?,15-/m0/s1. The van der Waals surface area contributed by atoms with Crippen molar-refractivity contribution < 1.29 is 14.2 Å². The van der Waals surface area contributed by atoms with Crippen LogP contribution in [0.25, 0.3) is 0 Å². The minimum absolute atomic E-state index is 0.101. The third-order valence-electron chi connectivity index (χ3n) is 3.48. The molecule has 0 bridgehead atoms. The highest BCUT2D eigenvalue weighted by atomic mass is 16.6. The van der Waals surface area contributed by atoms with Crippen LogP contribution in [-0.2, 0) is 14.2 Å². The van der Waals surface area contributed by atoms with Gasteiger partial charge in [0.05, 0.1) is 18.3 Å². The van der Waals surface area contributed by atoms with E-state index in [0.717, 1.165) is 32.5 Å². The summed E-state index contributed by atoms with van der Waals surface area (Å²) < 4.78 is 17.8. The summed E-state index contributed by atoms with van der Waals surface area (Å²) in [7, 11) is 0. The molecular weight excluding hydrogens is 228 g/mol. The second-order valence-electron chi connectivity index (χ2n) is 5.34. The van der Waals surface area contributed by atoms with Crippen molar-refractivity contribution in [2.24, 2.45) is 0 Å². The third kappa shape index (κ3) is 5.25. The highest BCUT2D eigenvalue weighted by Crippen LogP contribution is 2.25. The zero-order valence-corrected chi connectivity index (χ0v) is 12.5. The Morgan fingerprint density at radius 2 is 1.61 bits per heavy atom. The highest BCUT2D eigenvalue weighted by molar-refractivity contribution is 4.84. The Hall–Kier alpha value is -0.120. The minimum atomic E-state index is 0.101. The number of rotatable bonds is 8. The first-order valence-corrected chi connectivity index (χ1v) is 7.57. The Kier molecular flexibility index (Phi) is 7.87. The van der Waals surface area contributed by atoms with Crippen LogP contribution < -0.4 is 0 Å². The van der Waals surface area contributed by atoms with E-state index >= 15 is 0 Å². The van der Waals surface area contributed by atoms with Crippen molar-refractivity contribution in [3.8, 4) is 0 Å². The lowest BCUT2D eigenvalue weighted by atomic mass is 9.99. The van der Waals surface area contributed by atoms with Crippen LogP contribution in [0.4, 0.5) is 0 Å². The maximum Gasteiger partial charge on any atom is 0.110 e. The molecule has 1 fully saturated rings. The first-order valence-electron chi connectivity index (χ1n) is 7.57. The van der Waals surface area contributed by atoms with E-state index in [1.807, 2.05) is 0 Å². The van der Waals surface area contributed by atoms with Crippen molar-refractivity contribution in [3.05, 3.63) is 0 Å². The molecule has 1 aliphatic rings. The van der Waals surface area contributed by atoms with Crippen LogP contribution in [0, 0.1) is 0 Å². The summed E-state index contributed by atoms with van der Waals surface area (Å²) in [5.41, 5.74) is 0. The lowest BCUT2D eigenvalue weighted by molar-refractivity contribution is -0.192. The molecule has 0 aromatic heterocycles. The van der Waals surface area contributed by atoms with Gasteiger partial charge in [-0.05, 0) is 26.7 Å². The molecule has 0 N–H and O–H groups in total. The van der Waals surface area contributed by atoms with Gasteiger partial charge >= 0.3 is 0 Å². The Morgan fingerprint density at radius 3 is 2.22 bits per heavy atom. The molecule has 108 valence electrons. The van der Waals surface area contributed by atoms with E-state index in [1.165, 1.54) is 12.8 Å². The van der Waals surface area contributed by atoms with Gasteiger partial charge in [0.2, 0.25) is 0 Å². The van der Waals surface area contributed by atoms with E-state index in [4.69, 9.17) is 14.2 Å². The topological polar surface area (TPSA) is 27.7 Å². The van der Waals surface area contributed by atoms with Crippen LogP contribution in [0.5, 0.6) is 0 Å². The van der Waals surface area contributed by atoms with Crippen molar-refractivity contribution in [2.45, 2.75) is 84.2 Å². The minimum Gasteiger partial charge on any atom is -0.375 e. The fraction of sp³-hybridized carbons (Fsp3) is 1.00. The summed E-state index contributed by atoms with van der Waals surface area (Å²) in [4.78, 5) is 0. The zero-order valence-electron chi connectivity index (χ0n) is 12.5. The number of hydrogen-bond acceptors (Lipinski definition) is 3. The average Bonchev–Trinajstić information content (AvgIpc) is 2.32. The van der Waals surface area contributed by atoms with E-state index < -0.39 is 0 Å². The molecule has 0 aromatic rings. The molecule has 1 aliphatic heterocycles. The molecule has 3 nitrogen and oxygen atoms in total. The summed E-state index contributed by atoms with van der Waals surface area (Å²) >= 11 is 0. The molecule has 1 heterocycles. The van der Waals surface area contributed by atoms with Gasteiger partial charge in [-0.3, -0.25) is 0 Å². The van der Waals surface area contributed by atoms with Gasteiger partial charge in [0.15, 0.2) is 0 Å². The van der Waals surface area contributed by atoms with Gasteiger partial charge < -0.3 is 14.2 Å². The van der Waals surface area contributed by atoms with Crippen molar-refractivity contribution in [3.63, 3.8) is 0 Å². The van der Waals surface area contributed by atoms with Gasteiger partial charge in [-0.15, -0.1) is 0 Å². The lowest BCUT2D eigenvalue weighted by Gasteiger charge is -2.39. The number of unbranched alkanes of at least 4 members (excludes halogenated alkanes) is 2. The summed E-state index contributed by atoms with van der Waals surface area (Å²) in [6, 6.07) is 0. The predicted molar refractivity (Wildman–Crippen MR) is 73.9 cm³/mol. The molecule has 0 aliphatic carbocycles. The normalized spacial score (nSPS) is 32.7. The van der Waals surface area contributed by atoms with E-state index in [2.05, 4.69) is 27.7 Å². The molecule has 3 heteroatoms. The van der Waals surface area contributed by atoms with Crippen molar-refractivity contribution in [2.75, 3.05) is 13.2 Å². The first kappa shape index (κ1) is 15.9. The summed E-state index contributed by atoms with van der Waals surface area (Å²) in [6.45, 7) is 10.2. The Bertz CT molecular complexity index is 208. The van der Waals surface area contributed by atoms with E-state index in [-0.39, 0.29) is 24.4 Å². The monoisotopic (exact) mass is 258 g/mol. The van der Waals surface area contributed by atoms with Gasteiger partial charge in [0.25, 0.3) is 0 Å². The molecule has 4 atom stereocenters. The van der Waals surface area contributed by atoms with Gasteiger partial charge in [0.1, 0.15) is 6.10 Å². The molecule has 1 rings (SSSR count). The van der Waals surface area contributed by atoms with Crippen molar-refractivity contribution >= 4 is 0 Å². The molecule has 0 radical (unpaired) electrons. The molecule has 0 aromatic carbocycles. The second-order valence-corrected chi connectivity index (χ2v) is 5.34. The second kappa shape index (κ2) is 8.89. The number of ether oxygens (including phenoxy) is 3. The maximum atomic E-state index is 6.00. The van der Waals surface area contributed by atoms with Crippen molar-refractivity contribution in [1.82, 2.24) is 0 Å². The Labute approximate surface area is 112 Å². The van der Waals surface area contributed by atoms with E-state index in [1.54, 1.807) is 0 Å². The van der Waals surface area contributed by atoms with Crippen LogP contribution >= 0.6 is 0 Å². The van der Waals surface area contributed by atoms with Crippen molar-refractivity contribution in [1.29, 1.82) is 0 Å². The van der Waals surface area contributed by atoms with Crippen LogP contribution in [-0.4, -0.2) is 37.6 Å². The zero-order chi connectivity index (χ0) is 13.4. The highest BCUT2D eigenvalue weighted by Gasteiger charge is 2.36. The molecule has 1 saturated heterocycles. The summed E-state index contributed by atoms with van der Waals surface area (Å²) in [5, 5.41) is 0. The largest absolute Gasteiger partial charge is 0.375 e. The summed E-state index contributed by atoms with van der Waals surface area (Å²) in [6.07, 6.45) is 6.24. The quantitative estimate of drug-likeness (QED) is 0.623. The van der Waals surface area contributed by atoms with E-state index in [9.17, 15) is 0 Å². The Balaban J connectivity index is 2.43. The van der Waals surface area contributed by atoms with Crippen LogP contribution in [0.2, 0.25) is 0 Å². The molecule has 2 unspecified atom stereocenters. The SMILES string of the molecule is CCCCOC1C[C@H](C)OC(C)[C@@H]1OCCCC. The smallest absolute Gasteiger partial charge is 0.110 e. The lowest BCUT2D eigenvalue weighted by Crippen LogP contribution is -2.49. The van der Waals surface area contributed by atoms with Crippen LogP contribution in [0.3, 0.4) is 0 Å². The van der Waals surface area contributed by atoms with E-state index in [0.29, 0.717) is 0 Å². The molecule has 0 spiro atoms. The maximum absolute atomic E-state index is 6.00. The van der Waals surface area contributed by atoms with Crippen LogP contribution in [0.1, 0.15) is 59.8 Å². The fourth-order valence-corrected chi connectivity index (χ4v) is 2.41. The third-order valence-corrected chi connectivity index (χ3v) is 3.48. The molecule has 0 saturated carbocycles. The van der Waals surface area contributed by atoms with Gasteiger partial charge in [-0.25, -0.2) is 0 Å². The molecule has 0 amide bonds. The number of hydrogen-bond donors (Lipinski definition) is 0. The summed E-state index contributed by atoms with van der Waals surface area (Å²) in [5.74, 6) is 0. The average molecular weight is 258 g/mol. The molecular formula is C15H30O3. The predicted octanol–water partition coefficient (Wildman–Crippen LogP) is 3.55. The van der Waals surface area contributed by atoms with Gasteiger partial charge in [0, 0.05) is 19.6 Å². The van der Waals surface area contributed by atoms with Gasteiger partial charge in [-0.2, -0.15) is 0 Å². The molecule has 18 heavy (non-hydrogen) atoms. The fourth-order valence-electron chi connectivity index (χ4n) is 2.41. The van der Waals surface area contributed by atoms with Gasteiger partial charge in [-0.1, -0.05) is 26.7 Å².